The zero-order valence-electron chi connectivity index (χ0n) is 20.5. The molecule has 0 N–H and O–H groups in total. The topological polar surface area (TPSA) is 32.3 Å². The van der Waals surface area contributed by atoms with Crippen molar-refractivity contribution in [1.82, 2.24) is 9.97 Å². The summed E-state index contributed by atoms with van der Waals surface area (Å²) in [4.78, 5) is 14.6. The van der Waals surface area contributed by atoms with Crippen molar-refractivity contribution in [3.05, 3.63) is 109 Å². The molecule has 2 atom stereocenters. The molecule has 0 saturated carbocycles. The number of rotatable bonds is 4. The van der Waals surface area contributed by atoms with Crippen molar-refractivity contribution < 1.29 is 0 Å². The van der Waals surface area contributed by atoms with Crippen LogP contribution in [0.3, 0.4) is 0 Å². The van der Waals surface area contributed by atoms with Crippen molar-refractivity contribution in [2.24, 2.45) is 5.41 Å². The molecule has 0 aliphatic carbocycles. The summed E-state index contributed by atoms with van der Waals surface area (Å²) in [6.45, 7) is 11.3. The van der Waals surface area contributed by atoms with Crippen LogP contribution in [-0.2, 0) is 5.41 Å². The van der Waals surface area contributed by atoms with Gasteiger partial charge in [0.2, 0.25) is 0 Å². The standard InChI is InChI=1S/C31H30N4/c1-5-19-31(4)24-16-10-12-18-26(24)35-28-27(32-20-21-33-28)34(29(35)30(31,2)3)25-17-11-9-15-23(25)22-13-7-6-8-14-22/h5-18,20-21,29H,1,19H2,2-4H3. The molecule has 0 saturated heterocycles. The van der Waals surface area contributed by atoms with Crippen LogP contribution in [0.2, 0.25) is 0 Å². The lowest BCUT2D eigenvalue weighted by molar-refractivity contribution is 0.131. The number of anilines is 4. The molecule has 2 unspecified atom stereocenters. The van der Waals surface area contributed by atoms with Crippen molar-refractivity contribution in [3.8, 4) is 11.1 Å². The summed E-state index contributed by atoms with van der Waals surface area (Å²) in [5.74, 6) is 1.80. The maximum absolute atomic E-state index is 4.91. The lowest BCUT2D eigenvalue weighted by Crippen LogP contribution is -2.61. The number of hydrogen-bond donors (Lipinski definition) is 0. The molecule has 0 spiro atoms. The van der Waals surface area contributed by atoms with E-state index in [0.717, 1.165) is 23.7 Å². The van der Waals surface area contributed by atoms with Gasteiger partial charge in [0.15, 0.2) is 11.6 Å². The highest BCUT2D eigenvalue weighted by atomic mass is 15.5. The molecule has 4 aromatic rings. The summed E-state index contributed by atoms with van der Waals surface area (Å²) < 4.78 is 0. The molecule has 35 heavy (non-hydrogen) atoms. The van der Waals surface area contributed by atoms with Gasteiger partial charge in [0.1, 0.15) is 6.17 Å². The minimum atomic E-state index is -0.179. The number of allylic oxidation sites excluding steroid dienone is 1. The van der Waals surface area contributed by atoms with Gasteiger partial charge in [0, 0.05) is 34.5 Å². The molecule has 4 heteroatoms. The Kier molecular flexibility index (Phi) is 4.82. The first-order chi connectivity index (χ1) is 17.0. The van der Waals surface area contributed by atoms with Crippen molar-refractivity contribution in [1.29, 1.82) is 0 Å². The second kappa shape index (κ2) is 7.81. The summed E-state index contributed by atoms with van der Waals surface area (Å²) in [5.41, 5.74) is 5.73. The van der Waals surface area contributed by atoms with Gasteiger partial charge < -0.3 is 9.80 Å². The molecule has 0 amide bonds. The van der Waals surface area contributed by atoms with Gasteiger partial charge >= 0.3 is 0 Å². The van der Waals surface area contributed by atoms with Crippen LogP contribution in [0, 0.1) is 5.41 Å². The van der Waals surface area contributed by atoms with Crippen LogP contribution in [0.5, 0.6) is 0 Å². The number of para-hydroxylation sites is 2. The lowest BCUT2D eigenvalue weighted by atomic mass is 9.57. The quantitative estimate of drug-likeness (QED) is 0.294. The summed E-state index contributed by atoms with van der Waals surface area (Å²) in [6, 6.07) is 28.0. The normalized spacial score (nSPS) is 21.7. The third-order valence-corrected chi connectivity index (χ3v) is 8.23. The van der Waals surface area contributed by atoms with Crippen molar-refractivity contribution in [2.45, 2.75) is 38.8 Å². The number of fused-ring (bicyclic) bond motifs is 5. The number of aromatic nitrogens is 2. The van der Waals surface area contributed by atoms with Crippen LogP contribution in [0.15, 0.2) is 104 Å². The Bertz CT molecular complexity index is 1410. The Morgan fingerprint density at radius 3 is 2.03 bits per heavy atom. The molecule has 2 aliphatic heterocycles. The summed E-state index contributed by atoms with van der Waals surface area (Å²) >= 11 is 0. The van der Waals surface area contributed by atoms with Gasteiger partial charge in [-0.1, -0.05) is 93.6 Å². The summed E-state index contributed by atoms with van der Waals surface area (Å²) in [5, 5.41) is 0. The third-order valence-electron chi connectivity index (χ3n) is 8.23. The summed E-state index contributed by atoms with van der Waals surface area (Å²) in [7, 11) is 0. The molecular formula is C31H30N4. The Morgan fingerprint density at radius 1 is 0.771 bits per heavy atom. The molecule has 0 fully saturated rings. The van der Waals surface area contributed by atoms with Gasteiger partial charge in [0.25, 0.3) is 0 Å². The smallest absolute Gasteiger partial charge is 0.178 e. The SMILES string of the molecule is C=CCC1(C)c2ccccc2N2c3nccnc3N(c3ccccc3-c3ccccc3)C2C1(C)C. The van der Waals surface area contributed by atoms with Crippen LogP contribution in [0.1, 0.15) is 32.8 Å². The van der Waals surface area contributed by atoms with Crippen LogP contribution in [0.25, 0.3) is 11.1 Å². The van der Waals surface area contributed by atoms with Gasteiger partial charge in [-0.15, -0.1) is 6.58 Å². The largest absolute Gasteiger partial charge is 0.301 e. The van der Waals surface area contributed by atoms with Crippen molar-refractivity contribution in [2.75, 3.05) is 9.80 Å². The van der Waals surface area contributed by atoms with Crippen LogP contribution < -0.4 is 9.80 Å². The van der Waals surface area contributed by atoms with E-state index in [2.05, 4.69) is 122 Å². The average Bonchev–Trinajstić information content (AvgIpc) is 3.25. The van der Waals surface area contributed by atoms with E-state index in [9.17, 15) is 0 Å². The Labute approximate surface area is 207 Å². The molecule has 2 aliphatic rings. The third kappa shape index (κ3) is 2.92. The predicted molar refractivity (Wildman–Crippen MR) is 144 cm³/mol. The van der Waals surface area contributed by atoms with Gasteiger partial charge in [-0.2, -0.15) is 0 Å². The predicted octanol–water partition coefficient (Wildman–Crippen LogP) is 7.63. The first-order valence-corrected chi connectivity index (χ1v) is 12.2. The lowest BCUT2D eigenvalue weighted by Gasteiger charge is -2.57. The molecule has 6 rings (SSSR count). The molecule has 4 nitrogen and oxygen atoms in total. The van der Waals surface area contributed by atoms with Crippen LogP contribution >= 0.6 is 0 Å². The number of benzene rings is 3. The van der Waals surface area contributed by atoms with Gasteiger partial charge in [-0.3, -0.25) is 0 Å². The van der Waals surface area contributed by atoms with E-state index in [0.29, 0.717) is 0 Å². The van der Waals surface area contributed by atoms with E-state index in [4.69, 9.17) is 9.97 Å². The van der Waals surface area contributed by atoms with Crippen molar-refractivity contribution >= 4 is 23.0 Å². The minimum Gasteiger partial charge on any atom is -0.301 e. The Hall–Kier alpha value is -3.92. The zero-order chi connectivity index (χ0) is 24.2. The van der Waals surface area contributed by atoms with Crippen LogP contribution in [-0.4, -0.2) is 16.1 Å². The van der Waals surface area contributed by atoms with E-state index < -0.39 is 0 Å². The maximum Gasteiger partial charge on any atom is 0.178 e. The molecule has 0 bridgehead atoms. The van der Waals surface area contributed by atoms with Gasteiger partial charge in [0.05, 0.1) is 5.69 Å². The highest BCUT2D eigenvalue weighted by molar-refractivity contribution is 5.91. The van der Waals surface area contributed by atoms with Gasteiger partial charge in [-0.25, -0.2) is 9.97 Å². The van der Waals surface area contributed by atoms with Gasteiger partial charge in [-0.05, 0) is 29.7 Å². The second-order valence-electron chi connectivity index (χ2n) is 10.3. The van der Waals surface area contributed by atoms with E-state index in [1.807, 2.05) is 0 Å². The fourth-order valence-electron chi connectivity index (χ4n) is 6.14. The molecule has 174 valence electrons. The van der Waals surface area contributed by atoms with Crippen LogP contribution in [0.4, 0.5) is 23.0 Å². The fraction of sp³-hybridized carbons (Fsp3) is 0.226. The minimum absolute atomic E-state index is 0.00962. The van der Waals surface area contributed by atoms with Crippen molar-refractivity contribution in [3.63, 3.8) is 0 Å². The highest BCUT2D eigenvalue weighted by Gasteiger charge is 2.60. The first kappa shape index (κ1) is 21.6. The second-order valence-corrected chi connectivity index (χ2v) is 10.3. The maximum atomic E-state index is 4.91. The molecule has 3 aromatic carbocycles. The highest BCUT2D eigenvalue weighted by Crippen LogP contribution is 2.62. The molecule has 3 heterocycles. The first-order valence-electron chi connectivity index (χ1n) is 12.2. The average molecular weight is 459 g/mol. The number of hydrogen-bond acceptors (Lipinski definition) is 4. The molecule has 1 aromatic heterocycles. The Balaban J connectivity index is 1.66. The van der Waals surface area contributed by atoms with E-state index >= 15 is 0 Å². The Morgan fingerprint density at radius 2 is 1.34 bits per heavy atom. The molecular weight excluding hydrogens is 428 g/mol. The van der Waals surface area contributed by atoms with E-state index in [-0.39, 0.29) is 17.0 Å². The number of nitrogens with zero attached hydrogens (tertiary/aromatic N) is 4. The van der Waals surface area contributed by atoms with E-state index in [1.165, 1.54) is 22.4 Å². The summed E-state index contributed by atoms with van der Waals surface area (Å²) in [6.07, 6.45) is 6.54. The zero-order valence-corrected chi connectivity index (χ0v) is 20.5. The fourth-order valence-corrected chi connectivity index (χ4v) is 6.14. The monoisotopic (exact) mass is 458 g/mol. The molecule has 0 radical (unpaired) electrons. The van der Waals surface area contributed by atoms with E-state index in [1.54, 1.807) is 12.4 Å².